The summed E-state index contributed by atoms with van der Waals surface area (Å²) in [5, 5.41) is 1.91. The van der Waals surface area contributed by atoms with Gasteiger partial charge in [-0.1, -0.05) is 11.6 Å². The van der Waals surface area contributed by atoms with Crippen LogP contribution in [0.2, 0.25) is 5.02 Å². The van der Waals surface area contributed by atoms with Crippen molar-refractivity contribution in [3.05, 3.63) is 28.8 Å². The smallest absolute Gasteiger partial charge is 0.238 e. The van der Waals surface area contributed by atoms with Gasteiger partial charge in [0.05, 0.1) is 17.3 Å². The lowest BCUT2D eigenvalue weighted by atomic mass is 10.3. The standard InChI is InChI=1S/C8H7ClF2N2O/c9-5-1-4(10)2-6(11)8(5)13-7(14)3-12/h1-2H,3,12H2,(H,13,14). The molecule has 0 fully saturated rings. The molecule has 1 amide bonds. The average molecular weight is 221 g/mol. The maximum atomic E-state index is 13.0. The predicted molar refractivity (Wildman–Crippen MR) is 49.1 cm³/mol. The molecule has 0 unspecified atom stereocenters. The molecule has 0 aromatic heterocycles. The molecule has 0 saturated heterocycles. The molecule has 14 heavy (non-hydrogen) atoms. The minimum atomic E-state index is -0.934. The van der Waals surface area contributed by atoms with Gasteiger partial charge in [0.15, 0.2) is 5.82 Å². The van der Waals surface area contributed by atoms with Crippen molar-refractivity contribution < 1.29 is 13.6 Å². The number of hydrogen-bond donors (Lipinski definition) is 2. The molecule has 6 heteroatoms. The SMILES string of the molecule is NCC(=O)Nc1c(F)cc(F)cc1Cl. The van der Waals surface area contributed by atoms with Crippen molar-refractivity contribution in [3.63, 3.8) is 0 Å². The number of hydrogen-bond acceptors (Lipinski definition) is 2. The zero-order valence-corrected chi connectivity index (χ0v) is 7.74. The van der Waals surface area contributed by atoms with E-state index in [0.717, 1.165) is 6.07 Å². The molecule has 0 aliphatic carbocycles. The molecule has 0 heterocycles. The van der Waals surface area contributed by atoms with Gasteiger partial charge in [-0.3, -0.25) is 4.79 Å². The van der Waals surface area contributed by atoms with Crippen LogP contribution in [0.1, 0.15) is 0 Å². The number of amides is 1. The Balaban J connectivity index is 3.02. The number of nitrogens with two attached hydrogens (primary N) is 1. The first-order valence-electron chi connectivity index (χ1n) is 3.69. The van der Waals surface area contributed by atoms with Gasteiger partial charge in [-0.25, -0.2) is 8.78 Å². The Morgan fingerprint density at radius 1 is 1.50 bits per heavy atom. The van der Waals surface area contributed by atoms with E-state index in [2.05, 4.69) is 5.32 Å². The molecule has 0 aliphatic heterocycles. The fraction of sp³-hybridized carbons (Fsp3) is 0.125. The Kier molecular flexibility index (Phi) is 3.38. The summed E-state index contributed by atoms with van der Waals surface area (Å²) >= 11 is 5.50. The van der Waals surface area contributed by atoms with Crippen molar-refractivity contribution in [1.82, 2.24) is 0 Å². The van der Waals surface area contributed by atoms with E-state index in [0.29, 0.717) is 6.07 Å². The van der Waals surface area contributed by atoms with E-state index in [1.54, 1.807) is 0 Å². The first-order valence-corrected chi connectivity index (χ1v) is 4.07. The fourth-order valence-corrected chi connectivity index (χ4v) is 1.09. The maximum Gasteiger partial charge on any atom is 0.238 e. The number of anilines is 1. The summed E-state index contributed by atoms with van der Waals surface area (Å²) in [4.78, 5) is 10.8. The number of benzene rings is 1. The lowest BCUT2D eigenvalue weighted by Crippen LogP contribution is -2.22. The van der Waals surface area contributed by atoms with E-state index in [1.807, 2.05) is 0 Å². The van der Waals surface area contributed by atoms with Crippen LogP contribution in [0, 0.1) is 11.6 Å². The molecule has 0 atom stereocenters. The van der Waals surface area contributed by atoms with Crippen LogP contribution in [0.15, 0.2) is 12.1 Å². The Bertz CT molecular complexity index is 347. The highest BCUT2D eigenvalue weighted by atomic mass is 35.5. The maximum absolute atomic E-state index is 13.0. The number of carbonyl (C=O) groups excluding carboxylic acids is 1. The van der Waals surface area contributed by atoms with Crippen LogP contribution in [0.25, 0.3) is 0 Å². The zero-order chi connectivity index (χ0) is 10.7. The highest BCUT2D eigenvalue weighted by Crippen LogP contribution is 2.25. The highest BCUT2D eigenvalue weighted by molar-refractivity contribution is 6.33. The van der Waals surface area contributed by atoms with Crippen LogP contribution < -0.4 is 11.1 Å². The quantitative estimate of drug-likeness (QED) is 0.794. The van der Waals surface area contributed by atoms with Gasteiger partial charge in [0.25, 0.3) is 0 Å². The molecule has 0 radical (unpaired) electrons. The van der Waals surface area contributed by atoms with Crippen molar-refractivity contribution in [2.45, 2.75) is 0 Å². The summed E-state index contributed by atoms with van der Waals surface area (Å²) in [7, 11) is 0. The van der Waals surface area contributed by atoms with Gasteiger partial charge < -0.3 is 11.1 Å². The van der Waals surface area contributed by atoms with Gasteiger partial charge >= 0.3 is 0 Å². The molecule has 1 rings (SSSR count). The lowest BCUT2D eigenvalue weighted by molar-refractivity contribution is -0.114. The van der Waals surface area contributed by atoms with Crippen LogP contribution in [0.4, 0.5) is 14.5 Å². The molecule has 0 saturated carbocycles. The highest BCUT2D eigenvalue weighted by Gasteiger charge is 2.11. The molecular weight excluding hydrogens is 214 g/mol. The van der Waals surface area contributed by atoms with E-state index >= 15 is 0 Å². The third-order valence-electron chi connectivity index (χ3n) is 1.46. The van der Waals surface area contributed by atoms with E-state index in [4.69, 9.17) is 17.3 Å². The predicted octanol–water partition coefficient (Wildman–Crippen LogP) is 1.52. The fourth-order valence-electron chi connectivity index (χ4n) is 0.852. The van der Waals surface area contributed by atoms with Gasteiger partial charge in [0.1, 0.15) is 5.82 Å². The Labute approximate surface area is 83.8 Å². The number of nitrogens with one attached hydrogen (secondary N) is 1. The summed E-state index contributed by atoms with van der Waals surface area (Å²) < 4.78 is 25.6. The first-order chi connectivity index (χ1) is 6.54. The number of carbonyl (C=O) groups is 1. The second-order valence-corrected chi connectivity index (χ2v) is 2.90. The minimum absolute atomic E-state index is 0.204. The third kappa shape index (κ3) is 2.40. The molecule has 0 aliphatic rings. The third-order valence-corrected chi connectivity index (χ3v) is 1.75. The first kappa shape index (κ1) is 10.9. The average Bonchev–Trinajstić information content (AvgIpc) is 2.10. The van der Waals surface area contributed by atoms with Crippen LogP contribution in [-0.2, 0) is 4.79 Å². The molecule has 76 valence electrons. The molecule has 3 N–H and O–H groups in total. The second kappa shape index (κ2) is 4.34. The zero-order valence-electron chi connectivity index (χ0n) is 6.98. The van der Waals surface area contributed by atoms with E-state index in [-0.39, 0.29) is 17.3 Å². The number of rotatable bonds is 2. The van der Waals surface area contributed by atoms with E-state index < -0.39 is 17.5 Å². The van der Waals surface area contributed by atoms with Crippen LogP contribution >= 0.6 is 11.6 Å². The topological polar surface area (TPSA) is 55.1 Å². The normalized spacial score (nSPS) is 10.0. The summed E-state index contributed by atoms with van der Waals surface area (Å²) in [5.41, 5.74) is 4.74. The summed E-state index contributed by atoms with van der Waals surface area (Å²) in [6.45, 7) is -0.298. The summed E-state index contributed by atoms with van der Waals surface area (Å²) in [6, 6.07) is 1.52. The molecule has 1 aromatic carbocycles. The number of halogens is 3. The van der Waals surface area contributed by atoms with Gasteiger partial charge in [0, 0.05) is 6.07 Å². The Hall–Kier alpha value is -1.20. The van der Waals surface area contributed by atoms with Crippen molar-refractivity contribution in [1.29, 1.82) is 0 Å². The van der Waals surface area contributed by atoms with Gasteiger partial charge in [-0.15, -0.1) is 0 Å². The van der Waals surface area contributed by atoms with Crippen molar-refractivity contribution in [2.75, 3.05) is 11.9 Å². The van der Waals surface area contributed by atoms with Gasteiger partial charge in [0.2, 0.25) is 5.91 Å². The van der Waals surface area contributed by atoms with Crippen molar-refractivity contribution in [3.8, 4) is 0 Å². The second-order valence-electron chi connectivity index (χ2n) is 2.50. The molecule has 3 nitrogen and oxygen atoms in total. The molecule has 0 spiro atoms. The summed E-state index contributed by atoms with van der Waals surface area (Å²) in [6.07, 6.45) is 0. The largest absolute Gasteiger partial charge is 0.322 e. The molecular formula is C8H7ClF2N2O. The van der Waals surface area contributed by atoms with Crippen molar-refractivity contribution >= 4 is 23.2 Å². The van der Waals surface area contributed by atoms with Gasteiger partial charge in [-0.2, -0.15) is 0 Å². The van der Waals surface area contributed by atoms with Crippen LogP contribution in [-0.4, -0.2) is 12.5 Å². The van der Waals surface area contributed by atoms with Crippen LogP contribution in [0.5, 0.6) is 0 Å². The summed E-state index contributed by atoms with van der Waals surface area (Å²) in [5.74, 6) is -2.34. The monoisotopic (exact) mass is 220 g/mol. The van der Waals surface area contributed by atoms with E-state index in [1.165, 1.54) is 0 Å². The van der Waals surface area contributed by atoms with Crippen molar-refractivity contribution in [2.24, 2.45) is 5.73 Å². The van der Waals surface area contributed by atoms with E-state index in [9.17, 15) is 13.6 Å². The van der Waals surface area contributed by atoms with Crippen LogP contribution in [0.3, 0.4) is 0 Å². The Morgan fingerprint density at radius 3 is 2.64 bits per heavy atom. The lowest BCUT2D eigenvalue weighted by Gasteiger charge is -2.06. The van der Waals surface area contributed by atoms with Gasteiger partial charge in [-0.05, 0) is 6.07 Å². The molecule has 0 bridgehead atoms. The Morgan fingerprint density at radius 2 is 2.14 bits per heavy atom. The molecule has 1 aromatic rings. The minimum Gasteiger partial charge on any atom is -0.322 e.